The summed E-state index contributed by atoms with van der Waals surface area (Å²) in [4.78, 5) is 20.9. The van der Waals surface area contributed by atoms with E-state index in [-0.39, 0.29) is 17.1 Å². The molecule has 1 aromatic carbocycles. The number of carbonyl (C=O) groups is 1. The minimum Gasteiger partial charge on any atom is -0.502 e. The van der Waals surface area contributed by atoms with E-state index in [2.05, 4.69) is 0 Å². The first-order chi connectivity index (χ1) is 7.49. The van der Waals surface area contributed by atoms with Gasteiger partial charge in [-0.1, -0.05) is 0 Å². The van der Waals surface area contributed by atoms with Gasteiger partial charge in [-0.3, -0.25) is 14.9 Å². The topological polar surface area (TPSA) is 93.6 Å². The van der Waals surface area contributed by atoms with Crippen molar-refractivity contribution in [3.8, 4) is 5.75 Å². The third-order valence-corrected chi connectivity index (χ3v) is 2.16. The molecule has 16 heavy (non-hydrogen) atoms. The maximum absolute atomic E-state index is 11.0. The first kappa shape index (κ1) is 10.2. The van der Waals surface area contributed by atoms with Gasteiger partial charge < -0.3 is 9.52 Å². The Kier molecular flexibility index (Phi) is 2.12. The summed E-state index contributed by atoms with van der Waals surface area (Å²) in [6, 6.07) is 3.72. The van der Waals surface area contributed by atoms with Crippen LogP contribution in [0.2, 0.25) is 0 Å². The largest absolute Gasteiger partial charge is 0.502 e. The van der Waals surface area contributed by atoms with Crippen LogP contribution in [-0.4, -0.2) is 15.8 Å². The number of benzene rings is 1. The van der Waals surface area contributed by atoms with Crippen LogP contribution in [0.1, 0.15) is 17.5 Å². The number of fused-ring (bicyclic) bond motifs is 1. The molecule has 1 aromatic heterocycles. The van der Waals surface area contributed by atoms with Crippen molar-refractivity contribution in [3.05, 3.63) is 34.1 Å². The maximum Gasteiger partial charge on any atom is 0.314 e. The van der Waals surface area contributed by atoms with Crippen LogP contribution in [-0.2, 0) is 0 Å². The second kappa shape index (κ2) is 3.34. The number of nitro benzene ring substituents is 1. The normalized spacial score (nSPS) is 10.6. The van der Waals surface area contributed by atoms with Gasteiger partial charge in [0.2, 0.25) is 0 Å². The molecule has 82 valence electrons. The van der Waals surface area contributed by atoms with Gasteiger partial charge in [-0.25, -0.2) is 0 Å². The molecular weight excluding hydrogens is 214 g/mol. The molecule has 2 aromatic rings. The fraction of sp³-hybridized carbons (Fsp3) is 0.100. The Bertz CT molecular complexity index is 599. The summed E-state index contributed by atoms with van der Waals surface area (Å²) >= 11 is 0. The number of rotatable bonds is 2. The molecule has 0 fully saturated rings. The molecule has 0 aliphatic heterocycles. The van der Waals surface area contributed by atoms with Gasteiger partial charge in [-0.2, -0.15) is 0 Å². The zero-order valence-electron chi connectivity index (χ0n) is 8.26. The first-order valence-corrected chi connectivity index (χ1v) is 4.41. The standard InChI is InChI=1S/C10H7NO5/c1-5(12)9-3-6-2-8(13)7(11(14)15)4-10(6)16-9/h2-4,13H,1H3. The Labute approximate surface area is 89.2 Å². The van der Waals surface area contributed by atoms with Crippen LogP contribution in [0, 0.1) is 10.1 Å². The van der Waals surface area contributed by atoms with Crippen molar-refractivity contribution >= 4 is 22.4 Å². The molecule has 0 radical (unpaired) electrons. The summed E-state index contributed by atoms with van der Waals surface area (Å²) in [6.45, 7) is 1.33. The molecule has 0 amide bonds. The molecule has 6 nitrogen and oxygen atoms in total. The minimum absolute atomic E-state index is 0.106. The van der Waals surface area contributed by atoms with Crippen molar-refractivity contribution in [2.24, 2.45) is 0 Å². The molecule has 0 unspecified atom stereocenters. The highest BCUT2D eigenvalue weighted by Crippen LogP contribution is 2.32. The van der Waals surface area contributed by atoms with Gasteiger partial charge in [0.05, 0.1) is 11.0 Å². The molecule has 6 heteroatoms. The molecule has 0 saturated carbocycles. The zero-order chi connectivity index (χ0) is 11.9. The molecule has 1 N–H and O–H groups in total. The summed E-state index contributed by atoms with van der Waals surface area (Å²) in [7, 11) is 0. The summed E-state index contributed by atoms with van der Waals surface area (Å²) in [6.07, 6.45) is 0. The van der Waals surface area contributed by atoms with Crippen LogP contribution in [0.3, 0.4) is 0 Å². The van der Waals surface area contributed by atoms with Crippen molar-refractivity contribution in [3.63, 3.8) is 0 Å². The van der Waals surface area contributed by atoms with Gasteiger partial charge in [-0.05, 0) is 12.1 Å². The minimum atomic E-state index is -0.718. The second-order valence-electron chi connectivity index (χ2n) is 3.30. The van der Waals surface area contributed by atoms with Crippen molar-refractivity contribution in [2.45, 2.75) is 6.92 Å². The number of hydrogen-bond donors (Lipinski definition) is 1. The number of ketones is 1. The number of hydrogen-bond acceptors (Lipinski definition) is 5. The van der Waals surface area contributed by atoms with E-state index in [0.717, 1.165) is 6.07 Å². The lowest BCUT2D eigenvalue weighted by Crippen LogP contribution is -1.87. The molecule has 1 heterocycles. The van der Waals surface area contributed by atoms with Crippen LogP contribution < -0.4 is 0 Å². The molecule has 0 aliphatic carbocycles. The van der Waals surface area contributed by atoms with E-state index in [1.807, 2.05) is 0 Å². The van der Waals surface area contributed by atoms with Crippen LogP contribution in [0.5, 0.6) is 5.75 Å². The summed E-state index contributed by atoms with van der Waals surface area (Å²) in [5, 5.41) is 20.4. The van der Waals surface area contributed by atoms with Gasteiger partial charge in [-0.15, -0.1) is 0 Å². The highest BCUT2D eigenvalue weighted by Gasteiger charge is 2.17. The van der Waals surface area contributed by atoms with E-state index in [1.54, 1.807) is 0 Å². The zero-order valence-corrected chi connectivity index (χ0v) is 8.26. The summed E-state index contributed by atoms with van der Waals surface area (Å²) in [5.41, 5.74) is -0.244. The molecule has 0 bridgehead atoms. The fourth-order valence-corrected chi connectivity index (χ4v) is 1.38. The highest BCUT2D eigenvalue weighted by molar-refractivity contribution is 5.96. The Morgan fingerprint density at radius 3 is 2.69 bits per heavy atom. The number of Topliss-reactive ketones (excluding diaryl/α,β-unsaturated/α-hetero) is 1. The van der Waals surface area contributed by atoms with Gasteiger partial charge in [0.1, 0.15) is 5.58 Å². The quantitative estimate of drug-likeness (QED) is 0.476. The molecule has 2 rings (SSSR count). The maximum atomic E-state index is 11.0. The Morgan fingerprint density at radius 2 is 2.12 bits per heavy atom. The molecule has 0 spiro atoms. The lowest BCUT2D eigenvalue weighted by molar-refractivity contribution is -0.385. The summed E-state index contributed by atoms with van der Waals surface area (Å²) in [5.74, 6) is -0.623. The number of phenols is 1. The van der Waals surface area contributed by atoms with Crippen LogP contribution in [0.4, 0.5) is 5.69 Å². The van der Waals surface area contributed by atoms with E-state index in [0.29, 0.717) is 5.39 Å². The lowest BCUT2D eigenvalue weighted by Gasteiger charge is -1.94. The van der Waals surface area contributed by atoms with Crippen LogP contribution in [0.15, 0.2) is 22.6 Å². The third kappa shape index (κ3) is 1.50. The number of furan rings is 1. The number of nitro groups is 1. The van der Waals surface area contributed by atoms with Crippen molar-refractivity contribution in [1.29, 1.82) is 0 Å². The number of nitrogens with zero attached hydrogens (tertiary/aromatic N) is 1. The molecule has 0 atom stereocenters. The molecule has 0 saturated heterocycles. The average molecular weight is 221 g/mol. The van der Waals surface area contributed by atoms with Crippen molar-refractivity contribution < 1.29 is 19.2 Å². The molecular formula is C10H7NO5. The van der Waals surface area contributed by atoms with Crippen molar-refractivity contribution in [1.82, 2.24) is 0 Å². The Balaban J connectivity index is 2.70. The number of phenolic OH excluding ortho intramolecular Hbond substituents is 1. The van der Waals surface area contributed by atoms with Crippen molar-refractivity contribution in [2.75, 3.05) is 0 Å². The predicted octanol–water partition coefficient (Wildman–Crippen LogP) is 2.25. The van der Waals surface area contributed by atoms with E-state index in [4.69, 9.17) is 4.42 Å². The Hall–Kier alpha value is -2.37. The van der Waals surface area contributed by atoms with E-state index < -0.39 is 16.4 Å². The van der Waals surface area contributed by atoms with E-state index in [1.165, 1.54) is 19.1 Å². The number of aromatic hydroxyl groups is 1. The average Bonchev–Trinajstić information content (AvgIpc) is 2.58. The highest BCUT2D eigenvalue weighted by atomic mass is 16.6. The summed E-state index contributed by atoms with van der Waals surface area (Å²) < 4.78 is 5.11. The SMILES string of the molecule is CC(=O)c1cc2cc(O)c([N+](=O)[O-])cc2o1. The number of carbonyl (C=O) groups excluding carboxylic acids is 1. The van der Waals surface area contributed by atoms with Crippen LogP contribution in [0.25, 0.3) is 11.0 Å². The third-order valence-electron chi connectivity index (χ3n) is 2.16. The molecule has 0 aliphatic rings. The van der Waals surface area contributed by atoms with Gasteiger partial charge in [0.25, 0.3) is 0 Å². The predicted molar refractivity (Wildman–Crippen MR) is 54.5 cm³/mol. The lowest BCUT2D eigenvalue weighted by atomic mass is 10.2. The van der Waals surface area contributed by atoms with E-state index >= 15 is 0 Å². The van der Waals surface area contributed by atoms with Gasteiger partial charge in [0.15, 0.2) is 17.3 Å². The van der Waals surface area contributed by atoms with Gasteiger partial charge in [0, 0.05) is 12.3 Å². The van der Waals surface area contributed by atoms with E-state index in [9.17, 15) is 20.0 Å². The fourth-order valence-electron chi connectivity index (χ4n) is 1.38. The first-order valence-electron chi connectivity index (χ1n) is 4.41. The van der Waals surface area contributed by atoms with Crippen LogP contribution >= 0.6 is 0 Å². The second-order valence-corrected chi connectivity index (χ2v) is 3.30. The van der Waals surface area contributed by atoms with Gasteiger partial charge >= 0.3 is 5.69 Å². The Morgan fingerprint density at radius 1 is 1.44 bits per heavy atom. The smallest absolute Gasteiger partial charge is 0.314 e. The monoisotopic (exact) mass is 221 g/mol.